The van der Waals surface area contributed by atoms with Crippen molar-refractivity contribution in [1.82, 2.24) is 4.90 Å². The quantitative estimate of drug-likeness (QED) is 0.774. The van der Waals surface area contributed by atoms with E-state index in [0.29, 0.717) is 42.8 Å². The Balaban J connectivity index is 2.25. The monoisotopic (exact) mass is 278 g/mol. The smallest absolute Gasteiger partial charge is 0.260 e. The highest BCUT2D eigenvalue weighted by atomic mass is 16.5. The summed E-state index contributed by atoms with van der Waals surface area (Å²) in [7, 11) is 1.64. The normalized spacial score (nSPS) is 14.1. The van der Waals surface area contributed by atoms with Gasteiger partial charge in [0.05, 0.1) is 13.2 Å². The van der Waals surface area contributed by atoms with Gasteiger partial charge in [-0.3, -0.25) is 4.79 Å². The van der Waals surface area contributed by atoms with Crippen LogP contribution in [0.2, 0.25) is 0 Å². The first-order chi connectivity index (χ1) is 9.69. The minimum absolute atomic E-state index is 0.0638. The summed E-state index contributed by atoms with van der Waals surface area (Å²) in [5.41, 5.74) is 6.91. The Morgan fingerprint density at radius 2 is 2.20 bits per heavy atom. The molecule has 1 aromatic carbocycles. The van der Waals surface area contributed by atoms with Crippen molar-refractivity contribution < 1.29 is 14.3 Å². The maximum Gasteiger partial charge on any atom is 0.260 e. The number of hydrogen-bond acceptors (Lipinski definition) is 4. The SMILES string of the molecule is CCOc1cccc(N)c1C(=O)N(CCOC)C1CC1. The van der Waals surface area contributed by atoms with Gasteiger partial charge >= 0.3 is 0 Å². The second kappa shape index (κ2) is 6.61. The van der Waals surface area contributed by atoms with Crippen LogP contribution < -0.4 is 10.5 Å². The number of hydrogen-bond donors (Lipinski definition) is 1. The van der Waals surface area contributed by atoms with Gasteiger partial charge in [-0.25, -0.2) is 0 Å². The summed E-state index contributed by atoms with van der Waals surface area (Å²) in [4.78, 5) is 14.6. The standard InChI is InChI=1S/C15H22N2O3/c1-3-20-13-6-4-5-12(16)14(13)15(18)17(9-10-19-2)11-7-8-11/h4-6,11H,3,7-10,16H2,1-2H3. The van der Waals surface area contributed by atoms with Crippen LogP contribution in [0.3, 0.4) is 0 Å². The molecule has 1 aliphatic rings. The van der Waals surface area contributed by atoms with Crippen molar-refractivity contribution in [3.8, 4) is 5.75 Å². The topological polar surface area (TPSA) is 64.8 Å². The van der Waals surface area contributed by atoms with Gasteiger partial charge in [0.15, 0.2) is 0 Å². The number of ether oxygens (including phenoxy) is 2. The summed E-state index contributed by atoms with van der Waals surface area (Å²) in [5, 5.41) is 0. The fraction of sp³-hybridized carbons (Fsp3) is 0.533. The van der Waals surface area contributed by atoms with Gasteiger partial charge in [-0.15, -0.1) is 0 Å². The Labute approximate surface area is 119 Å². The van der Waals surface area contributed by atoms with Gasteiger partial charge in [-0.1, -0.05) is 6.07 Å². The third-order valence-electron chi connectivity index (χ3n) is 3.36. The molecule has 0 atom stereocenters. The number of carbonyl (C=O) groups is 1. The highest BCUT2D eigenvalue weighted by molar-refractivity contribution is 6.02. The molecule has 0 bridgehead atoms. The van der Waals surface area contributed by atoms with E-state index < -0.39 is 0 Å². The predicted octanol–water partition coefficient (Wildman–Crippen LogP) is 1.92. The maximum atomic E-state index is 12.8. The van der Waals surface area contributed by atoms with Crippen molar-refractivity contribution in [1.29, 1.82) is 0 Å². The molecule has 2 rings (SSSR count). The molecule has 5 heteroatoms. The zero-order valence-electron chi connectivity index (χ0n) is 12.1. The molecule has 0 spiro atoms. The lowest BCUT2D eigenvalue weighted by Gasteiger charge is -2.24. The Kier molecular flexibility index (Phi) is 4.84. The number of anilines is 1. The molecule has 0 aromatic heterocycles. The average Bonchev–Trinajstić information content (AvgIpc) is 3.24. The number of rotatable bonds is 7. The molecule has 1 amide bonds. The van der Waals surface area contributed by atoms with E-state index in [1.807, 2.05) is 11.8 Å². The molecular formula is C15H22N2O3. The number of nitrogen functional groups attached to an aromatic ring is 1. The zero-order chi connectivity index (χ0) is 14.5. The van der Waals surface area contributed by atoms with Crippen LogP contribution in [0.4, 0.5) is 5.69 Å². The van der Waals surface area contributed by atoms with E-state index in [9.17, 15) is 4.79 Å². The first kappa shape index (κ1) is 14.7. The van der Waals surface area contributed by atoms with Gasteiger partial charge in [0.1, 0.15) is 11.3 Å². The summed E-state index contributed by atoms with van der Waals surface area (Å²) >= 11 is 0. The molecule has 0 heterocycles. The summed E-state index contributed by atoms with van der Waals surface area (Å²) in [5.74, 6) is 0.492. The molecular weight excluding hydrogens is 256 g/mol. The molecule has 110 valence electrons. The maximum absolute atomic E-state index is 12.8. The summed E-state index contributed by atoms with van der Waals surface area (Å²) in [6.45, 7) is 3.51. The molecule has 2 N–H and O–H groups in total. The number of amides is 1. The Hall–Kier alpha value is -1.75. The predicted molar refractivity (Wildman–Crippen MR) is 78.0 cm³/mol. The molecule has 0 aliphatic heterocycles. The van der Waals surface area contributed by atoms with Crippen LogP contribution in [0.25, 0.3) is 0 Å². The average molecular weight is 278 g/mol. The van der Waals surface area contributed by atoms with Gasteiger partial charge in [-0.05, 0) is 31.9 Å². The second-order valence-corrected chi connectivity index (χ2v) is 4.88. The minimum atomic E-state index is -0.0638. The molecule has 1 aliphatic carbocycles. The van der Waals surface area contributed by atoms with Gasteiger partial charge in [0.2, 0.25) is 0 Å². The van der Waals surface area contributed by atoms with Crippen LogP contribution in [-0.4, -0.2) is 43.7 Å². The van der Waals surface area contributed by atoms with Gasteiger partial charge < -0.3 is 20.1 Å². The Morgan fingerprint density at radius 3 is 2.80 bits per heavy atom. The number of nitrogens with two attached hydrogens (primary N) is 1. The van der Waals surface area contributed by atoms with Crippen LogP contribution in [0, 0.1) is 0 Å². The number of carbonyl (C=O) groups excluding carboxylic acids is 1. The zero-order valence-corrected chi connectivity index (χ0v) is 12.1. The highest BCUT2D eigenvalue weighted by Gasteiger charge is 2.34. The van der Waals surface area contributed by atoms with Crippen molar-refractivity contribution in [3.05, 3.63) is 23.8 Å². The van der Waals surface area contributed by atoms with Crippen molar-refractivity contribution in [2.75, 3.05) is 32.6 Å². The number of benzene rings is 1. The molecule has 20 heavy (non-hydrogen) atoms. The lowest BCUT2D eigenvalue weighted by atomic mass is 10.1. The highest BCUT2D eigenvalue weighted by Crippen LogP contribution is 2.32. The van der Waals surface area contributed by atoms with Crippen molar-refractivity contribution in [3.63, 3.8) is 0 Å². The van der Waals surface area contributed by atoms with Crippen LogP contribution >= 0.6 is 0 Å². The van der Waals surface area contributed by atoms with Crippen molar-refractivity contribution in [2.45, 2.75) is 25.8 Å². The molecule has 1 saturated carbocycles. The molecule has 1 aromatic rings. The number of nitrogens with zero attached hydrogens (tertiary/aromatic N) is 1. The van der Waals surface area contributed by atoms with E-state index in [4.69, 9.17) is 15.2 Å². The summed E-state index contributed by atoms with van der Waals surface area (Å²) in [6, 6.07) is 5.63. The molecule has 0 saturated heterocycles. The largest absolute Gasteiger partial charge is 0.493 e. The lowest BCUT2D eigenvalue weighted by molar-refractivity contribution is 0.0677. The van der Waals surface area contributed by atoms with E-state index in [1.54, 1.807) is 25.3 Å². The molecule has 5 nitrogen and oxygen atoms in total. The van der Waals surface area contributed by atoms with Crippen molar-refractivity contribution in [2.24, 2.45) is 0 Å². The molecule has 0 unspecified atom stereocenters. The lowest BCUT2D eigenvalue weighted by Crippen LogP contribution is -2.36. The fourth-order valence-corrected chi connectivity index (χ4v) is 2.22. The molecule has 1 fully saturated rings. The third-order valence-corrected chi connectivity index (χ3v) is 3.36. The molecule has 0 radical (unpaired) electrons. The van der Waals surface area contributed by atoms with E-state index in [1.165, 1.54) is 0 Å². The van der Waals surface area contributed by atoms with Gasteiger partial charge in [-0.2, -0.15) is 0 Å². The van der Waals surface area contributed by atoms with E-state index in [0.717, 1.165) is 12.8 Å². The Morgan fingerprint density at radius 1 is 1.45 bits per heavy atom. The minimum Gasteiger partial charge on any atom is -0.493 e. The van der Waals surface area contributed by atoms with Gasteiger partial charge in [0.25, 0.3) is 5.91 Å². The van der Waals surface area contributed by atoms with E-state index >= 15 is 0 Å². The summed E-state index contributed by atoms with van der Waals surface area (Å²) < 4.78 is 10.6. The van der Waals surface area contributed by atoms with Crippen LogP contribution in [0.15, 0.2) is 18.2 Å². The number of methoxy groups -OCH3 is 1. The van der Waals surface area contributed by atoms with Crippen molar-refractivity contribution >= 4 is 11.6 Å². The third kappa shape index (κ3) is 3.22. The summed E-state index contributed by atoms with van der Waals surface area (Å²) in [6.07, 6.45) is 2.10. The van der Waals surface area contributed by atoms with E-state index in [-0.39, 0.29) is 5.91 Å². The first-order valence-electron chi connectivity index (χ1n) is 7.00. The Bertz CT molecular complexity index is 472. The van der Waals surface area contributed by atoms with E-state index in [2.05, 4.69) is 0 Å². The van der Waals surface area contributed by atoms with Crippen LogP contribution in [-0.2, 0) is 4.74 Å². The first-order valence-corrected chi connectivity index (χ1v) is 7.00. The fourth-order valence-electron chi connectivity index (χ4n) is 2.22. The van der Waals surface area contributed by atoms with Crippen LogP contribution in [0.5, 0.6) is 5.75 Å². The van der Waals surface area contributed by atoms with Crippen LogP contribution in [0.1, 0.15) is 30.1 Å². The second-order valence-electron chi connectivity index (χ2n) is 4.88. The van der Waals surface area contributed by atoms with Gasteiger partial charge in [0, 0.05) is 25.4 Å².